The second-order valence-electron chi connectivity index (χ2n) is 4.07. The third kappa shape index (κ3) is 5.94. The lowest BCUT2D eigenvalue weighted by Crippen LogP contribution is -2.40. The molecule has 0 heterocycles. The first kappa shape index (κ1) is 15.8. The van der Waals surface area contributed by atoms with Crippen LogP contribution in [0.4, 0.5) is 4.79 Å². The third-order valence-electron chi connectivity index (χ3n) is 2.66. The Kier molecular flexibility index (Phi) is 7.30. The van der Waals surface area contributed by atoms with Crippen LogP contribution in [0.1, 0.15) is 19.4 Å². The number of urea groups is 1. The molecule has 19 heavy (non-hydrogen) atoms. The molecule has 1 aromatic rings. The van der Waals surface area contributed by atoms with E-state index in [1.807, 2.05) is 38.1 Å². The SMILES string of the molecule is CCOCCNC(=O)N(CC)Cc1cccc(Cl)c1. The molecule has 4 nitrogen and oxygen atoms in total. The van der Waals surface area contributed by atoms with E-state index < -0.39 is 0 Å². The van der Waals surface area contributed by atoms with Crippen molar-refractivity contribution < 1.29 is 9.53 Å². The van der Waals surface area contributed by atoms with Gasteiger partial charge in [0, 0.05) is 31.3 Å². The molecule has 0 unspecified atom stereocenters. The molecule has 0 saturated carbocycles. The Morgan fingerprint density at radius 2 is 2.21 bits per heavy atom. The maximum absolute atomic E-state index is 12.0. The Bertz CT molecular complexity index is 399. The van der Waals surface area contributed by atoms with Gasteiger partial charge in [-0.15, -0.1) is 0 Å². The van der Waals surface area contributed by atoms with Crippen LogP contribution in [0.5, 0.6) is 0 Å². The van der Waals surface area contributed by atoms with Gasteiger partial charge >= 0.3 is 6.03 Å². The minimum Gasteiger partial charge on any atom is -0.380 e. The van der Waals surface area contributed by atoms with Gasteiger partial charge in [0.05, 0.1) is 6.61 Å². The third-order valence-corrected chi connectivity index (χ3v) is 2.89. The summed E-state index contributed by atoms with van der Waals surface area (Å²) in [7, 11) is 0. The molecule has 0 aliphatic rings. The number of ether oxygens (including phenoxy) is 1. The van der Waals surface area contributed by atoms with E-state index in [1.165, 1.54) is 0 Å². The highest BCUT2D eigenvalue weighted by Crippen LogP contribution is 2.12. The number of carbonyl (C=O) groups excluding carboxylic acids is 1. The van der Waals surface area contributed by atoms with Gasteiger partial charge in [0.25, 0.3) is 0 Å². The molecular weight excluding hydrogens is 264 g/mol. The maximum atomic E-state index is 12.0. The molecule has 0 aromatic heterocycles. The molecular formula is C14H21ClN2O2. The first-order valence-electron chi connectivity index (χ1n) is 6.52. The molecule has 0 spiro atoms. The molecule has 0 saturated heterocycles. The zero-order chi connectivity index (χ0) is 14.1. The van der Waals surface area contributed by atoms with Crippen LogP contribution in [0, 0.1) is 0 Å². The van der Waals surface area contributed by atoms with Crippen molar-refractivity contribution >= 4 is 17.6 Å². The Morgan fingerprint density at radius 1 is 1.42 bits per heavy atom. The van der Waals surface area contributed by atoms with Gasteiger partial charge < -0.3 is 15.0 Å². The lowest BCUT2D eigenvalue weighted by Gasteiger charge is -2.21. The first-order valence-corrected chi connectivity index (χ1v) is 6.90. The number of benzene rings is 1. The van der Waals surface area contributed by atoms with Crippen molar-refractivity contribution in [2.45, 2.75) is 20.4 Å². The summed E-state index contributed by atoms with van der Waals surface area (Å²) in [6.07, 6.45) is 0. The van der Waals surface area contributed by atoms with E-state index >= 15 is 0 Å². The van der Waals surface area contributed by atoms with Gasteiger partial charge in [0.1, 0.15) is 0 Å². The number of rotatable bonds is 7. The lowest BCUT2D eigenvalue weighted by atomic mass is 10.2. The van der Waals surface area contributed by atoms with Crippen LogP contribution >= 0.6 is 11.6 Å². The highest BCUT2D eigenvalue weighted by atomic mass is 35.5. The lowest BCUT2D eigenvalue weighted by molar-refractivity contribution is 0.145. The second kappa shape index (κ2) is 8.77. The fraction of sp³-hybridized carbons (Fsp3) is 0.500. The Hall–Kier alpha value is -1.26. The van der Waals surface area contributed by atoms with Crippen molar-refractivity contribution in [3.63, 3.8) is 0 Å². The average molecular weight is 285 g/mol. The quantitative estimate of drug-likeness (QED) is 0.782. The molecule has 106 valence electrons. The minimum absolute atomic E-state index is 0.0813. The van der Waals surface area contributed by atoms with Crippen molar-refractivity contribution in [1.82, 2.24) is 10.2 Å². The summed E-state index contributed by atoms with van der Waals surface area (Å²) < 4.78 is 5.18. The predicted octanol–water partition coefficient (Wildman–Crippen LogP) is 2.91. The van der Waals surface area contributed by atoms with Crippen LogP contribution in [0.3, 0.4) is 0 Å². The van der Waals surface area contributed by atoms with Crippen LogP contribution in [0.2, 0.25) is 5.02 Å². The molecule has 1 rings (SSSR count). The number of halogens is 1. The van der Waals surface area contributed by atoms with Gasteiger partial charge in [-0.05, 0) is 31.5 Å². The highest BCUT2D eigenvalue weighted by molar-refractivity contribution is 6.30. The number of nitrogens with one attached hydrogen (secondary N) is 1. The maximum Gasteiger partial charge on any atom is 0.317 e. The van der Waals surface area contributed by atoms with Crippen molar-refractivity contribution in [1.29, 1.82) is 0 Å². The fourth-order valence-electron chi connectivity index (χ4n) is 1.67. The number of nitrogens with zero attached hydrogens (tertiary/aromatic N) is 1. The molecule has 1 N–H and O–H groups in total. The first-order chi connectivity index (χ1) is 9.17. The summed E-state index contributed by atoms with van der Waals surface area (Å²) in [5.41, 5.74) is 1.02. The van der Waals surface area contributed by atoms with Crippen LogP contribution in [0.25, 0.3) is 0 Å². The summed E-state index contributed by atoms with van der Waals surface area (Å²) in [6, 6.07) is 7.46. The van der Waals surface area contributed by atoms with Crippen LogP contribution < -0.4 is 5.32 Å². The molecule has 0 atom stereocenters. The topological polar surface area (TPSA) is 41.6 Å². The monoisotopic (exact) mass is 284 g/mol. The van der Waals surface area contributed by atoms with E-state index in [4.69, 9.17) is 16.3 Å². The van der Waals surface area contributed by atoms with Gasteiger partial charge in [0.2, 0.25) is 0 Å². The molecule has 0 aliphatic carbocycles. The van der Waals surface area contributed by atoms with Crippen LogP contribution in [-0.4, -0.2) is 37.2 Å². The van der Waals surface area contributed by atoms with E-state index in [-0.39, 0.29) is 6.03 Å². The van der Waals surface area contributed by atoms with Crippen molar-refractivity contribution in [3.8, 4) is 0 Å². The summed E-state index contributed by atoms with van der Waals surface area (Å²) >= 11 is 5.93. The molecule has 0 bridgehead atoms. The summed E-state index contributed by atoms with van der Waals surface area (Å²) in [5.74, 6) is 0. The molecule has 0 aliphatic heterocycles. The molecule has 2 amide bonds. The Morgan fingerprint density at radius 3 is 2.84 bits per heavy atom. The molecule has 5 heteroatoms. The van der Waals surface area contributed by atoms with Gasteiger partial charge in [-0.1, -0.05) is 23.7 Å². The van der Waals surface area contributed by atoms with Crippen LogP contribution in [-0.2, 0) is 11.3 Å². The largest absolute Gasteiger partial charge is 0.380 e. The zero-order valence-corrected chi connectivity index (χ0v) is 12.2. The number of carbonyl (C=O) groups is 1. The van der Waals surface area contributed by atoms with Gasteiger partial charge in [-0.3, -0.25) is 0 Å². The predicted molar refractivity (Wildman–Crippen MR) is 77.4 cm³/mol. The Labute approximate surface area is 119 Å². The highest BCUT2D eigenvalue weighted by Gasteiger charge is 2.11. The molecule has 0 radical (unpaired) electrons. The summed E-state index contributed by atoms with van der Waals surface area (Å²) in [4.78, 5) is 13.7. The summed E-state index contributed by atoms with van der Waals surface area (Å²) in [6.45, 7) is 6.81. The smallest absolute Gasteiger partial charge is 0.317 e. The fourth-order valence-corrected chi connectivity index (χ4v) is 1.88. The minimum atomic E-state index is -0.0813. The summed E-state index contributed by atoms with van der Waals surface area (Å²) in [5, 5.41) is 3.52. The second-order valence-corrected chi connectivity index (χ2v) is 4.51. The average Bonchev–Trinajstić information content (AvgIpc) is 2.41. The zero-order valence-electron chi connectivity index (χ0n) is 11.5. The van der Waals surface area contributed by atoms with Gasteiger partial charge in [0.15, 0.2) is 0 Å². The Balaban J connectivity index is 2.46. The van der Waals surface area contributed by atoms with E-state index in [0.29, 0.717) is 37.9 Å². The number of hydrogen-bond acceptors (Lipinski definition) is 2. The van der Waals surface area contributed by atoms with Crippen molar-refractivity contribution in [3.05, 3.63) is 34.9 Å². The van der Waals surface area contributed by atoms with E-state index in [2.05, 4.69) is 5.32 Å². The van der Waals surface area contributed by atoms with Crippen molar-refractivity contribution in [2.24, 2.45) is 0 Å². The van der Waals surface area contributed by atoms with Gasteiger partial charge in [-0.25, -0.2) is 4.79 Å². The van der Waals surface area contributed by atoms with E-state index in [1.54, 1.807) is 4.90 Å². The number of hydrogen-bond donors (Lipinski definition) is 1. The van der Waals surface area contributed by atoms with Crippen LogP contribution in [0.15, 0.2) is 24.3 Å². The standard InChI is InChI=1S/C14H21ClN2O2/c1-3-17(14(18)16-8-9-19-4-2)11-12-6-5-7-13(15)10-12/h5-7,10H,3-4,8-9,11H2,1-2H3,(H,16,18). The van der Waals surface area contributed by atoms with Crippen molar-refractivity contribution in [2.75, 3.05) is 26.3 Å². The molecule has 1 aromatic carbocycles. The number of amides is 2. The normalized spacial score (nSPS) is 10.3. The van der Waals surface area contributed by atoms with E-state index in [9.17, 15) is 4.79 Å². The van der Waals surface area contributed by atoms with Gasteiger partial charge in [-0.2, -0.15) is 0 Å². The van der Waals surface area contributed by atoms with E-state index in [0.717, 1.165) is 5.56 Å². The molecule has 0 fully saturated rings.